The van der Waals surface area contributed by atoms with E-state index >= 15 is 0 Å². The summed E-state index contributed by atoms with van der Waals surface area (Å²) in [7, 11) is 0. The van der Waals surface area contributed by atoms with Crippen LogP contribution in [0.2, 0.25) is 0 Å². The number of benzene rings is 1. The van der Waals surface area contributed by atoms with Crippen molar-refractivity contribution in [2.75, 3.05) is 0 Å². The molecule has 4 rings (SSSR count). The minimum absolute atomic E-state index is 0.0473. The Morgan fingerprint density at radius 3 is 2.58 bits per heavy atom. The minimum atomic E-state index is -4.30. The summed E-state index contributed by atoms with van der Waals surface area (Å²) in [5.41, 5.74) is 4.02. The molecule has 1 unspecified atom stereocenters. The molecule has 1 saturated carbocycles. The molecule has 1 fully saturated rings. The number of aromatic hydroxyl groups is 1. The van der Waals surface area contributed by atoms with Gasteiger partial charge < -0.3 is 15.0 Å². The quantitative estimate of drug-likeness (QED) is 0.468. The van der Waals surface area contributed by atoms with Crippen LogP contribution in [0.4, 0.5) is 13.2 Å². The molecule has 1 atom stereocenters. The number of pyridine rings is 1. The zero-order valence-corrected chi connectivity index (χ0v) is 18.7. The van der Waals surface area contributed by atoms with Gasteiger partial charge in [-0.15, -0.1) is 0 Å². The molecule has 174 valence electrons. The first-order valence-electron chi connectivity index (χ1n) is 11.3. The number of phenolic OH excluding ortho intramolecular Hbond substituents is 1. The summed E-state index contributed by atoms with van der Waals surface area (Å²) in [6, 6.07) is 8.02. The van der Waals surface area contributed by atoms with Crippen LogP contribution in [0.5, 0.6) is 5.75 Å². The Morgan fingerprint density at radius 2 is 2.00 bits per heavy atom. The highest BCUT2D eigenvalue weighted by Gasteiger charge is 2.37. The maximum absolute atomic E-state index is 13.0. The summed E-state index contributed by atoms with van der Waals surface area (Å²) >= 11 is 0. The number of rotatable bonds is 6. The summed E-state index contributed by atoms with van der Waals surface area (Å²) < 4.78 is 41.2. The summed E-state index contributed by atoms with van der Waals surface area (Å²) in [4.78, 5) is 4.54. The van der Waals surface area contributed by atoms with Gasteiger partial charge in [-0.25, -0.2) is 0 Å². The zero-order valence-electron chi connectivity index (χ0n) is 18.7. The molecule has 0 aliphatic heterocycles. The van der Waals surface area contributed by atoms with Gasteiger partial charge in [-0.05, 0) is 55.5 Å². The van der Waals surface area contributed by atoms with E-state index in [1.165, 1.54) is 6.92 Å². The van der Waals surface area contributed by atoms with E-state index in [1.54, 1.807) is 24.4 Å². The van der Waals surface area contributed by atoms with Crippen molar-refractivity contribution in [1.82, 2.24) is 14.9 Å². The van der Waals surface area contributed by atoms with Gasteiger partial charge in [0.25, 0.3) is 0 Å². The molecule has 2 aromatic heterocycles. The maximum Gasteiger partial charge on any atom is 0.403 e. The number of nitriles is 1. The molecule has 2 heterocycles. The van der Waals surface area contributed by atoms with E-state index in [9.17, 15) is 23.5 Å². The molecule has 0 spiro atoms. The SMILES string of the molecule is CCC(NCc1ccc(-c2c(C#N)c3cc(O)c(C)cc3n2C2CCCC2)nc1)C(F)(F)F. The molecule has 5 nitrogen and oxygen atoms in total. The Kier molecular flexibility index (Phi) is 6.35. The van der Waals surface area contributed by atoms with Crippen LogP contribution in [0.3, 0.4) is 0 Å². The summed E-state index contributed by atoms with van der Waals surface area (Å²) in [6.45, 7) is 3.38. The number of hydrogen-bond donors (Lipinski definition) is 2. The van der Waals surface area contributed by atoms with Gasteiger partial charge in [0.05, 0.1) is 22.5 Å². The Morgan fingerprint density at radius 1 is 1.27 bits per heavy atom. The van der Waals surface area contributed by atoms with Crippen LogP contribution in [-0.4, -0.2) is 26.9 Å². The second-order valence-corrected chi connectivity index (χ2v) is 8.73. The van der Waals surface area contributed by atoms with E-state index in [0.29, 0.717) is 27.9 Å². The lowest BCUT2D eigenvalue weighted by Crippen LogP contribution is -2.41. The average Bonchev–Trinajstić information content (AvgIpc) is 3.40. The van der Waals surface area contributed by atoms with Crippen molar-refractivity contribution < 1.29 is 18.3 Å². The molecule has 8 heteroatoms. The van der Waals surface area contributed by atoms with Gasteiger partial charge in [0, 0.05) is 24.2 Å². The third-order valence-corrected chi connectivity index (χ3v) is 6.55. The van der Waals surface area contributed by atoms with Crippen LogP contribution in [0, 0.1) is 18.3 Å². The molecule has 2 N–H and O–H groups in total. The van der Waals surface area contributed by atoms with Crippen LogP contribution in [0.15, 0.2) is 30.5 Å². The number of hydrogen-bond acceptors (Lipinski definition) is 4. The molecular formula is C25H27F3N4O. The van der Waals surface area contributed by atoms with E-state index in [4.69, 9.17) is 0 Å². The van der Waals surface area contributed by atoms with Crippen molar-refractivity contribution >= 4 is 10.9 Å². The summed E-state index contributed by atoms with van der Waals surface area (Å²) in [5, 5.41) is 23.5. The van der Waals surface area contributed by atoms with E-state index in [0.717, 1.165) is 36.8 Å². The third-order valence-electron chi connectivity index (χ3n) is 6.55. The lowest BCUT2D eigenvalue weighted by molar-refractivity contribution is -0.156. The Hall–Kier alpha value is -3.05. The highest BCUT2D eigenvalue weighted by Crippen LogP contribution is 2.42. The molecular weight excluding hydrogens is 429 g/mol. The number of nitrogens with zero attached hydrogens (tertiary/aromatic N) is 3. The second kappa shape index (κ2) is 9.06. The van der Waals surface area contributed by atoms with Gasteiger partial charge in [-0.3, -0.25) is 4.98 Å². The Bertz CT molecular complexity index is 1190. The number of alkyl halides is 3. The number of phenols is 1. The fraction of sp³-hybridized carbons (Fsp3) is 0.440. The van der Waals surface area contributed by atoms with Crippen molar-refractivity contribution in [1.29, 1.82) is 5.26 Å². The first kappa shape index (κ1) is 23.1. The first-order chi connectivity index (χ1) is 15.7. The van der Waals surface area contributed by atoms with Crippen molar-refractivity contribution in [2.24, 2.45) is 0 Å². The van der Waals surface area contributed by atoms with Crippen molar-refractivity contribution in [3.63, 3.8) is 0 Å². The fourth-order valence-corrected chi connectivity index (χ4v) is 4.76. The lowest BCUT2D eigenvalue weighted by Gasteiger charge is -2.20. The van der Waals surface area contributed by atoms with Crippen LogP contribution in [-0.2, 0) is 6.54 Å². The lowest BCUT2D eigenvalue weighted by atomic mass is 10.1. The van der Waals surface area contributed by atoms with Crippen LogP contribution >= 0.6 is 0 Å². The topological polar surface area (TPSA) is 73.9 Å². The molecule has 0 amide bonds. The van der Waals surface area contributed by atoms with Crippen LogP contribution in [0.25, 0.3) is 22.3 Å². The van der Waals surface area contributed by atoms with E-state index in [-0.39, 0.29) is 24.8 Å². The molecule has 1 aromatic carbocycles. The molecule has 1 aliphatic carbocycles. The Balaban J connectivity index is 1.75. The molecule has 1 aliphatic rings. The van der Waals surface area contributed by atoms with E-state index in [1.807, 2.05) is 13.0 Å². The van der Waals surface area contributed by atoms with Crippen LogP contribution < -0.4 is 5.32 Å². The molecule has 33 heavy (non-hydrogen) atoms. The number of fused-ring (bicyclic) bond motifs is 1. The third kappa shape index (κ3) is 4.42. The van der Waals surface area contributed by atoms with E-state index < -0.39 is 12.2 Å². The maximum atomic E-state index is 13.0. The predicted molar refractivity (Wildman–Crippen MR) is 121 cm³/mol. The highest BCUT2D eigenvalue weighted by molar-refractivity contribution is 5.95. The first-order valence-corrected chi connectivity index (χ1v) is 11.3. The monoisotopic (exact) mass is 456 g/mol. The van der Waals surface area contributed by atoms with Crippen LogP contribution in [0.1, 0.15) is 61.8 Å². The average molecular weight is 457 g/mol. The summed E-state index contributed by atoms with van der Waals surface area (Å²) in [5.74, 6) is 0.138. The van der Waals surface area contributed by atoms with Gasteiger partial charge in [0.2, 0.25) is 0 Å². The molecule has 0 saturated heterocycles. The van der Waals surface area contributed by atoms with E-state index in [2.05, 4.69) is 20.9 Å². The van der Waals surface area contributed by atoms with Crippen molar-refractivity contribution in [3.8, 4) is 23.2 Å². The normalized spacial score (nSPS) is 15.8. The van der Waals surface area contributed by atoms with Gasteiger partial charge in [-0.1, -0.05) is 25.8 Å². The van der Waals surface area contributed by atoms with Gasteiger partial charge in [0.15, 0.2) is 0 Å². The smallest absolute Gasteiger partial charge is 0.403 e. The largest absolute Gasteiger partial charge is 0.508 e. The Labute approximate surface area is 190 Å². The predicted octanol–water partition coefficient (Wildman–Crippen LogP) is 6.13. The van der Waals surface area contributed by atoms with Crippen molar-refractivity contribution in [3.05, 3.63) is 47.2 Å². The number of nitrogens with one attached hydrogen (secondary N) is 1. The standard InChI is InChI=1S/C25H27F3N4O/c1-3-23(25(26,27)28)31-14-16-8-9-20(30-13-16)24-19(12-29)18-11-22(33)15(2)10-21(18)32(24)17-6-4-5-7-17/h8-11,13,17,23,31,33H,3-7,14H2,1-2H3. The van der Waals surface area contributed by atoms with Gasteiger partial charge in [0.1, 0.15) is 17.9 Å². The number of aryl methyl sites for hydroxylation is 1. The van der Waals surface area contributed by atoms with Crippen molar-refractivity contribution in [2.45, 2.75) is 70.8 Å². The van der Waals surface area contributed by atoms with Gasteiger partial charge >= 0.3 is 6.18 Å². The number of aromatic nitrogens is 2. The highest BCUT2D eigenvalue weighted by atomic mass is 19.4. The molecule has 3 aromatic rings. The molecule has 0 bridgehead atoms. The zero-order chi connectivity index (χ0) is 23.8. The second-order valence-electron chi connectivity index (χ2n) is 8.73. The molecule has 0 radical (unpaired) electrons. The summed E-state index contributed by atoms with van der Waals surface area (Å²) in [6.07, 6.45) is 1.44. The van der Waals surface area contributed by atoms with Gasteiger partial charge in [-0.2, -0.15) is 18.4 Å². The minimum Gasteiger partial charge on any atom is -0.508 e. The fourth-order valence-electron chi connectivity index (χ4n) is 4.76. The number of halogens is 3.